The first-order chi connectivity index (χ1) is 11.7. The molecule has 2 rings (SSSR count). The van der Waals surface area contributed by atoms with Crippen LogP contribution >= 0.6 is 0 Å². The molecule has 1 aromatic carbocycles. The molecule has 0 spiro atoms. The second kappa shape index (κ2) is 9.49. The van der Waals surface area contributed by atoms with Crippen molar-refractivity contribution in [2.24, 2.45) is 5.92 Å². The van der Waals surface area contributed by atoms with E-state index in [0.29, 0.717) is 36.2 Å². The van der Waals surface area contributed by atoms with Gasteiger partial charge >= 0.3 is 0 Å². The fraction of sp³-hybridized carbons (Fsp3) is 0.611. The van der Waals surface area contributed by atoms with Crippen LogP contribution in [0, 0.1) is 5.92 Å². The Kier molecular flexibility index (Phi) is 7.34. The third kappa shape index (κ3) is 4.85. The molecular formula is C18H27NO5. The molecule has 134 valence electrons. The lowest BCUT2D eigenvalue weighted by atomic mass is 9.97. The number of amides is 1. The van der Waals surface area contributed by atoms with Gasteiger partial charge in [-0.3, -0.25) is 4.79 Å². The average molecular weight is 337 g/mol. The van der Waals surface area contributed by atoms with E-state index in [2.05, 4.69) is 0 Å². The van der Waals surface area contributed by atoms with Crippen molar-refractivity contribution in [3.63, 3.8) is 0 Å². The summed E-state index contributed by atoms with van der Waals surface area (Å²) >= 11 is 0. The van der Waals surface area contributed by atoms with E-state index in [-0.39, 0.29) is 5.91 Å². The van der Waals surface area contributed by atoms with Crippen LogP contribution in [0.5, 0.6) is 11.5 Å². The monoisotopic (exact) mass is 337 g/mol. The maximum atomic E-state index is 12.7. The molecule has 1 aliphatic heterocycles. The van der Waals surface area contributed by atoms with Gasteiger partial charge in [0.25, 0.3) is 5.91 Å². The smallest absolute Gasteiger partial charge is 0.257 e. The largest absolute Gasteiger partial charge is 0.497 e. The van der Waals surface area contributed by atoms with Crippen LogP contribution in [0.2, 0.25) is 0 Å². The highest BCUT2D eigenvalue weighted by Crippen LogP contribution is 2.27. The van der Waals surface area contributed by atoms with Gasteiger partial charge in [-0.05, 0) is 30.9 Å². The van der Waals surface area contributed by atoms with Gasteiger partial charge in [-0.1, -0.05) is 0 Å². The molecule has 6 nitrogen and oxygen atoms in total. The Morgan fingerprint density at radius 1 is 1.12 bits per heavy atom. The molecule has 0 aromatic heterocycles. The summed E-state index contributed by atoms with van der Waals surface area (Å²) in [6.07, 6.45) is 1.91. The molecule has 6 heteroatoms. The molecule has 0 unspecified atom stereocenters. The Morgan fingerprint density at radius 3 is 2.50 bits per heavy atom. The van der Waals surface area contributed by atoms with E-state index in [1.807, 2.05) is 4.90 Å². The van der Waals surface area contributed by atoms with Crippen LogP contribution in [-0.2, 0) is 9.47 Å². The standard InChI is InChI=1S/C18H27NO5/c1-21-10-11-24-13-14-6-8-19(9-7-14)18(20)16-5-4-15(22-2)12-17(16)23-3/h4-5,12,14H,6-11,13H2,1-3H3. The van der Waals surface area contributed by atoms with Gasteiger partial charge in [0.15, 0.2) is 0 Å². The van der Waals surface area contributed by atoms with Gasteiger partial charge in [0.2, 0.25) is 0 Å². The lowest BCUT2D eigenvalue weighted by Gasteiger charge is -2.32. The van der Waals surface area contributed by atoms with Crippen LogP contribution in [0.3, 0.4) is 0 Å². The third-order valence-corrected chi connectivity index (χ3v) is 4.33. The topological polar surface area (TPSA) is 57.2 Å². The van der Waals surface area contributed by atoms with Crippen molar-refractivity contribution in [1.29, 1.82) is 0 Å². The SMILES string of the molecule is COCCOCC1CCN(C(=O)c2ccc(OC)cc2OC)CC1. The van der Waals surface area contributed by atoms with E-state index in [9.17, 15) is 4.79 Å². The summed E-state index contributed by atoms with van der Waals surface area (Å²) in [5, 5.41) is 0. The molecule has 0 atom stereocenters. The predicted octanol–water partition coefficient (Wildman–Crippen LogP) is 2.22. The zero-order valence-electron chi connectivity index (χ0n) is 14.7. The number of rotatable bonds is 8. The Morgan fingerprint density at radius 2 is 1.88 bits per heavy atom. The molecule has 0 aliphatic carbocycles. The van der Waals surface area contributed by atoms with Gasteiger partial charge in [-0.25, -0.2) is 0 Å². The van der Waals surface area contributed by atoms with Crippen molar-refractivity contribution >= 4 is 5.91 Å². The minimum atomic E-state index is 0.00764. The normalized spacial score (nSPS) is 15.4. The molecule has 24 heavy (non-hydrogen) atoms. The fourth-order valence-electron chi connectivity index (χ4n) is 2.84. The average Bonchev–Trinajstić information content (AvgIpc) is 2.64. The zero-order chi connectivity index (χ0) is 17.4. The Bertz CT molecular complexity index is 526. The van der Waals surface area contributed by atoms with Crippen molar-refractivity contribution < 1.29 is 23.7 Å². The van der Waals surface area contributed by atoms with Crippen LogP contribution in [-0.4, -0.2) is 65.0 Å². The van der Waals surface area contributed by atoms with Gasteiger partial charge in [0.05, 0.1) is 33.0 Å². The lowest BCUT2D eigenvalue weighted by Crippen LogP contribution is -2.39. The molecule has 1 heterocycles. The van der Waals surface area contributed by atoms with Crippen LogP contribution in [0.1, 0.15) is 23.2 Å². The first kappa shape index (κ1) is 18.5. The zero-order valence-corrected chi connectivity index (χ0v) is 14.7. The highest BCUT2D eigenvalue weighted by atomic mass is 16.5. The molecule has 0 bridgehead atoms. The molecule has 0 radical (unpaired) electrons. The molecule has 0 N–H and O–H groups in total. The number of hydrogen-bond acceptors (Lipinski definition) is 5. The molecule has 1 amide bonds. The maximum Gasteiger partial charge on any atom is 0.257 e. The van der Waals surface area contributed by atoms with Crippen LogP contribution in [0.15, 0.2) is 18.2 Å². The van der Waals surface area contributed by atoms with Gasteiger partial charge in [-0.15, -0.1) is 0 Å². The predicted molar refractivity (Wildman–Crippen MR) is 90.9 cm³/mol. The summed E-state index contributed by atoms with van der Waals surface area (Å²) in [6.45, 7) is 3.46. The van der Waals surface area contributed by atoms with E-state index in [4.69, 9.17) is 18.9 Å². The Hall–Kier alpha value is -1.79. The summed E-state index contributed by atoms with van der Waals surface area (Å²) in [6, 6.07) is 5.29. The number of benzene rings is 1. The summed E-state index contributed by atoms with van der Waals surface area (Å²) < 4.78 is 21.1. The van der Waals surface area contributed by atoms with E-state index in [0.717, 1.165) is 32.5 Å². The van der Waals surface area contributed by atoms with Crippen molar-refractivity contribution in [1.82, 2.24) is 4.90 Å². The maximum absolute atomic E-state index is 12.7. The molecular weight excluding hydrogens is 310 g/mol. The van der Waals surface area contributed by atoms with Gasteiger partial charge in [0.1, 0.15) is 11.5 Å². The first-order valence-corrected chi connectivity index (χ1v) is 8.27. The summed E-state index contributed by atoms with van der Waals surface area (Å²) in [4.78, 5) is 14.6. The number of nitrogens with zero attached hydrogens (tertiary/aromatic N) is 1. The van der Waals surface area contributed by atoms with Crippen LogP contribution in [0.4, 0.5) is 0 Å². The summed E-state index contributed by atoms with van der Waals surface area (Å²) in [5.41, 5.74) is 0.577. The van der Waals surface area contributed by atoms with Crippen molar-refractivity contribution in [3.8, 4) is 11.5 Å². The second-order valence-electron chi connectivity index (χ2n) is 5.87. The number of methoxy groups -OCH3 is 3. The van der Waals surface area contributed by atoms with Crippen molar-refractivity contribution in [2.45, 2.75) is 12.8 Å². The number of hydrogen-bond donors (Lipinski definition) is 0. The molecule has 1 saturated heterocycles. The number of ether oxygens (including phenoxy) is 4. The molecule has 1 aliphatic rings. The lowest BCUT2D eigenvalue weighted by molar-refractivity contribution is 0.0326. The molecule has 1 aromatic rings. The number of carbonyl (C=O) groups is 1. The van der Waals surface area contributed by atoms with E-state index < -0.39 is 0 Å². The Labute approximate surface area is 143 Å². The Balaban J connectivity index is 1.88. The molecule has 1 fully saturated rings. The van der Waals surface area contributed by atoms with Crippen LogP contribution < -0.4 is 9.47 Å². The van der Waals surface area contributed by atoms with E-state index >= 15 is 0 Å². The molecule has 0 saturated carbocycles. The number of carbonyl (C=O) groups excluding carboxylic acids is 1. The van der Waals surface area contributed by atoms with Crippen molar-refractivity contribution in [2.75, 3.05) is 54.2 Å². The van der Waals surface area contributed by atoms with E-state index in [1.165, 1.54) is 0 Å². The highest BCUT2D eigenvalue weighted by molar-refractivity contribution is 5.97. The minimum Gasteiger partial charge on any atom is -0.497 e. The van der Waals surface area contributed by atoms with Gasteiger partial charge < -0.3 is 23.8 Å². The third-order valence-electron chi connectivity index (χ3n) is 4.33. The fourth-order valence-corrected chi connectivity index (χ4v) is 2.84. The van der Waals surface area contributed by atoms with E-state index in [1.54, 1.807) is 39.5 Å². The summed E-state index contributed by atoms with van der Waals surface area (Å²) in [7, 11) is 4.83. The highest BCUT2D eigenvalue weighted by Gasteiger charge is 2.25. The minimum absolute atomic E-state index is 0.00764. The first-order valence-electron chi connectivity index (χ1n) is 8.27. The van der Waals surface area contributed by atoms with Crippen LogP contribution in [0.25, 0.3) is 0 Å². The van der Waals surface area contributed by atoms with Gasteiger partial charge in [-0.2, -0.15) is 0 Å². The van der Waals surface area contributed by atoms with Crippen molar-refractivity contribution in [3.05, 3.63) is 23.8 Å². The number of piperidine rings is 1. The van der Waals surface area contributed by atoms with Gasteiger partial charge in [0, 0.05) is 32.9 Å². The quantitative estimate of drug-likeness (QED) is 0.681. The second-order valence-corrected chi connectivity index (χ2v) is 5.87. The number of likely N-dealkylation sites (tertiary alicyclic amines) is 1. The summed E-state index contributed by atoms with van der Waals surface area (Å²) in [5.74, 6) is 1.73.